The highest BCUT2D eigenvalue weighted by Crippen LogP contribution is 2.42. The minimum absolute atomic E-state index is 0.0622. The van der Waals surface area contributed by atoms with Crippen LogP contribution in [0.1, 0.15) is 64.8 Å². The molecule has 4 atom stereocenters. The van der Waals surface area contributed by atoms with Crippen molar-refractivity contribution in [3.05, 3.63) is 183 Å². The summed E-state index contributed by atoms with van der Waals surface area (Å²) in [6.07, 6.45) is 0.671. The van der Waals surface area contributed by atoms with Crippen molar-refractivity contribution in [2.45, 2.75) is 89.3 Å². The third kappa shape index (κ3) is 12.7. The Labute approximate surface area is 528 Å². The number of pyridine rings is 3. The van der Waals surface area contributed by atoms with Crippen LogP contribution in [0.5, 0.6) is 11.8 Å². The summed E-state index contributed by atoms with van der Waals surface area (Å²) in [6, 6.07) is 22.8. The maximum absolute atomic E-state index is 15.1. The third-order valence-corrected chi connectivity index (χ3v) is 17.5. The van der Waals surface area contributed by atoms with Crippen LogP contribution in [-0.2, 0) is 61.2 Å². The molecule has 0 spiro atoms. The topological polar surface area (TPSA) is 201 Å². The van der Waals surface area contributed by atoms with E-state index in [4.69, 9.17) is 57.1 Å². The zero-order chi connectivity index (χ0) is 63.4. The minimum Gasteiger partial charge on any atom is -0.472 e. The van der Waals surface area contributed by atoms with Crippen LogP contribution in [0, 0.1) is 17.6 Å². The molecule has 0 radical (unpaired) electrons. The second-order valence-corrected chi connectivity index (χ2v) is 23.7. The van der Waals surface area contributed by atoms with E-state index in [1.165, 1.54) is 18.3 Å². The Morgan fingerprint density at radius 1 is 0.641 bits per heavy atom. The van der Waals surface area contributed by atoms with E-state index in [-0.39, 0.29) is 58.5 Å². The molecular weight excluding hydrogens is 1250 g/mol. The minimum atomic E-state index is -4.75. The summed E-state index contributed by atoms with van der Waals surface area (Å²) in [5.41, 5.74) is 6.75. The average Bonchev–Trinajstić information content (AvgIpc) is 0.898. The van der Waals surface area contributed by atoms with Gasteiger partial charge in [0.25, 0.3) is 0 Å². The number of halogens is 10. The van der Waals surface area contributed by atoms with Gasteiger partial charge >= 0.3 is 12.4 Å². The zero-order valence-electron chi connectivity index (χ0n) is 48.4. The van der Waals surface area contributed by atoms with Gasteiger partial charge in [-0.2, -0.15) is 26.3 Å². The first-order chi connectivity index (χ1) is 44.4. The predicted molar refractivity (Wildman–Crippen MR) is 320 cm³/mol. The number of nitrogens with zero attached hydrogens (tertiary/aromatic N) is 13. The summed E-state index contributed by atoms with van der Waals surface area (Å²) in [7, 11) is 0. The Balaban J connectivity index is 0.786. The molecule has 474 valence electrons. The standard InChI is InChI=1S/C63H53Cl2F8N15O4/c64-40-8-5-37(46(66)24-40)31-91-58-43(3-1-15-74-58)34-11-17-85(18-12-34)29-53-77-48-21-36(55-79-60(83-81-55)62(68,69)70)7-10-50(48)87(53)28-52-45(33-90-52)51-23-35(44-4-2-16-75-59(44)92-32-38-6-9-41(65)25-47(38)67)13-19-86(51)30-54-78-49-22-39(56-80-61(84-82-56)63(71,72)73)26-76-57(49)88(54)27-42-14-20-89-42/h1-11,13,15-16,21-22,24-26,42,45,51-52H,12,14,17-20,23,27-33H2,(H,79,81,83)(H,80,82,84). The summed E-state index contributed by atoms with van der Waals surface area (Å²) < 4.78 is 141. The molecule has 0 amide bonds. The van der Waals surface area contributed by atoms with E-state index < -0.39 is 41.7 Å². The first kappa shape index (κ1) is 60.8. The highest BCUT2D eigenvalue weighted by atomic mass is 35.5. The number of ether oxygens (including phenoxy) is 4. The lowest BCUT2D eigenvalue weighted by Gasteiger charge is -2.48. The van der Waals surface area contributed by atoms with Gasteiger partial charge in [-0.1, -0.05) is 47.5 Å². The molecule has 0 aliphatic carbocycles. The number of imidazole rings is 2. The normalized spacial score (nSPS) is 19.1. The molecule has 0 bridgehead atoms. The van der Waals surface area contributed by atoms with Gasteiger partial charge in [0.15, 0.2) is 17.3 Å². The van der Waals surface area contributed by atoms with Crippen LogP contribution < -0.4 is 9.47 Å². The van der Waals surface area contributed by atoms with Gasteiger partial charge in [-0.25, -0.2) is 33.7 Å². The maximum Gasteiger partial charge on any atom is 0.451 e. The van der Waals surface area contributed by atoms with Crippen molar-refractivity contribution < 1.29 is 54.1 Å². The number of rotatable bonds is 19. The maximum atomic E-state index is 15.1. The number of aromatic amines is 2. The van der Waals surface area contributed by atoms with Gasteiger partial charge in [-0.05, 0) is 103 Å². The van der Waals surface area contributed by atoms with Crippen LogP contribution in [-0.4, -0.2) is 125 Å². The summed E-state index contributed by atoms with van der Waals surface area (Å²) in [5, 5.41) is 14.8. The van der Waals surface area contributed by atoms with Crippen molar-refractivity contribution in [2.75, 3.05) is 32.8 Å². The van der Waals surface area contributed by atoms with Gasteiger partial charge in [0.2, 0.25) is 23.4 Å². The highest BCUT2D eigenvalue weighted by Gasteiger charge is 2.44. The Bertz CT molecular complexity index is 4470. The summed E-state index contributed by atoms with van der Waals surface area (Å²) in [4.78, 5) is 33.2. The summed E-state index contributed by atoms with van der Waals surface area (Å²) in [5.74, 6) is -1.88. The molecule has 2 fully saturated rings. The van der Waals surface area contributed by atoms with E-state index in [2.05, 4.69) is 66.8 Å². The highest BCUT2D eigenvalue weighted by molar-refractivity contribution is 6.30. The van der Waals surface area contributed by atoms with Crippen molar-refractivity contribution >= 4 is 56.5 Å². The molecule has 4 aliphatic heterocycles. The van der Waals surface area contributed by atoms with E-state index in [0.717, 1.165) is 23.1 Å². The molecule has 2 saturated heterocycles. The van der Waals surface area contributed by atoms with Crippen LogP contribution in [0.4, 0.5) is 35.1 Å². The fourth-order valence-corrected chi connectivity index (χ4v) is 12.4. The lowest BCUT2D eigenvalue weighted by molar-refractivity contribution is -0.151. The van der Waals surface area contributed by atoms with E-state index in [1.807, 2.05) is 28.8 Å². The smallest absolute Gasteiger partial charge is 0.451 e. The molecule has 7 aromatic heterocycles. The number of aromatic nitrogens is 13. The van der Waals surface area contributed by atoms with Crippen molar-refractivity contribution in [3.63, 3.8) is 0 Å². The Hall–Kier alpha value is -8.73. The van der Waals surface area contributed by atoms with Gasteiger partial charge in [-0.3, -0.25) is 9.80 Å². The van der Waals surface area contributed by atoms with E-state index in [9.17, 15) is 30.7 Å². The van der Waals surface area contributed by atoms with Gasteiger partial charge in [0.05, 0.1) is 56.0 Å². The molecule has 0 saturated carbocycles. The fraction of sp³-hybridized carbons (Fsp3) is 0.317. The SMILES string of the molecule is Fc1cc(Cl)ccc1COc1ncccc1C1=CCN(Cc2nc3cc(-c4nnc(C(F)(F)F)[nH]4)ccc3n2CC2OCC2C2CC(c3cccnc3OCc3ccc(Cl)cc3F)=CCN2Cc2nc3cc(-c4nnc(C(F)(F)F)[nH]4)cnc3n2CC2CCO2)CC1. The molecule has 4 unspecified atom stereocenters. The second-order valence-electron chi connectivity index (χ2n) is 22.8. The zero-order valence-corrected chi connectivity index (χ0v) is 49.9. The number of fused-ring (bicyclic) bond motifs is 2. The van der Waals surface area contributed by atoms with Crippen molar-refractivity contribution in [2.24, 2.45) is 5.92 Å². The largest absolute Gasteiger partial charge is 0.472 e. The van der Waals surface area contributed by atoms with Crippen LogP contribution in [0.25, 0.3) is 56.1 Å². The van der Waals surface area contributed by atoms with Crippen LogP contribution in [0.3, 0.4) is 0 Å². The number of hydrogen-bond donors (Lipinski definition) is 2. The molecular formula is C63H53Cl2F8N15O4. The van der Waals surface area contributed by atoms with Crippen molar-refractivity contribution in [3.8, 4) is 34.5 Å². The third-order valence-electron chi connectivity index (χ3n) is 17.0. The second kappa shape index (κ2) is 25.1. The first-order valence-corrected chi connectivity index (χ1v) is 30.1. The number of nitrogens with one attached hydrogen (secondary N) is 2. The van der Waals surface area contributed by atoms with E-state index >= 15 is 4.39 Å². The Kier molecular flexibility index (Phi) is 16.6. The number of alkyl halides is 6. The predicted octanol–water partition coefficient (Wildman–Crippen LogP) is 12.4. The molecule has 3 aromatic carbocycles. The molecule has 11 heterocycles. The van der Waals surface area contributed by atoms with E-state index in [0.29, 0.717) is 140 Å². The Morgan fingerprint density at radius 2 is 1.26 bits per heavy atom. The van der Waals surface area contributed by atoms with Crippen LogP contribution in [0.15, 0.2) is 116 Å². The quantitative estimate of drug-likeness (QED) is 0.0724. The van der Waals surface area contributed by atoms with Crippen molar-refractivity contribution in [1.82, 2.24) is 74.2 Å². The van der Waals surface area contributed by atoms with Crippen LogP contribution in [0.2, 0.25) is 10.0 Å². The number of benzene rings is 3. The van der Waals surface area contributed by atoms with Gasteiger partial charge in [0, 0.05) is 100 Å². The number of H-pyrrole nitrogens is 2. The Morgan fingerprint density at radius 3 is 1.85 bits per heavy atom. The molecule has 2 N–H and O–H groups in total. The van der Waals surface area contributed by atoms with Crippen molar-refractivity contribution in [1.29, 1.82) is 0 Å². The molecule has 29 heteroatoms. The van der Waals surface area contributed by atoms with Gasteiger partial charge in [-0.15, -0.1) is 20.4 Å². The van der Waals surface area contributed by atoms with Crippen LogP contribution >= 0.6 is 23.2 Å². The monoisotopic (exact) mass is 1310 g/mol. The molecule has 14 rings (SSSR count). The molecule has 10 aromatic rings. The average molecular weight is 1310 g/mol. The molecule has 19 nitrogen and oxygen atoms in total. The van der Waals surface area contributed by atoms with Gasteiger partial charge in [0.1, 0.15) is 42.0 Å². The first-order valence-electron chi connectivity index (χ1n) is 29.4. The fourth-order valence-electron chi connectivity index (χ4n) is 12.1. The lowest BCUT2D eigenvalue weighted by atomic mass is 9.81. The summed E-state index contributed by atoms with van der Waals surface area (Å²) >= 11 is 12.1. The number of hydrogen-bond acceptors (Lipinski definition) is 15. The van der Waals surface area contributed by atoms with E-state index in [1.54, 1.807) is 60.9 Å². The van der Waals surface area contributed by atoms with Gasteiger partial charge < -0.3 is 38.0 Å². The lowest BCUT2D eigenvalue weighted by Crippen LogP contribution is -2.56. The summed E-state index contributed by atoms with van der Waals surface area (Å²) in [6.45, 7) is 3.64. The molecule has 92 heavy (non-hydrogen) atoms. The molecule has 4 aliphatic rings.